The van der Waals surface area contributed by atoms with Crippen molar-refractivity contribution in [3.8, 4) is 34.6 Å². The topological polar surface area (TPSA) is 94.2 Å². The second-order valence-corrected chi connectivity index (χ2v) is 4.39. The molecule has 7 nitrogen and oxygen atoms in total. The molecule has 2 heterocycles. The maximum atomic E-state index is 9.72. The van der Waals surface area contributed by atoms with E-state index in [0.717, 1.165) is 5.56 Å². The van der Waals surface area contributed by atoms with E-state index in [4.69, 9.17) is 9.26 Å². The minimum atomic E-state index is 0.177. The fraction of sp³-hybridized carbons (Fsp3) is 0.143. The van der Waals surface area contributed by atoms with Gasteiger partial charge in [0.2, 0.25) is 11.7 Å². The van der Waals surface area contributed by atoms with E-state index in [-0.39, 0.29) is 5.75 Å². The second-order valence-electron chi connectivity index (χ2n) is 4.39. The molecule has 0 bridgehead atoms. The van der Waals surface area contributed by atoms with Crippen LogP contribution < -0.4 is 4.74 Å². The summed E-state index contributed by atoms with van der Waals surface area (Å²) in [5, 5.41) is 21.4. The van der Waals surface area contributed by atoms with Crippen LogP contribution in [0.3, 0.4) is 0 Å². The SMILES string of the molecule is COc1ccc(-c2noc(-c3ccc(C)c(O)c3)n2)nn1. The molecule has 0 saturated carbocycles. The van der Waals surface area contributed by atoms with Gasteiger partial charge in [-0.15, -0.1) is 10.2 Å². The van der Waals surface area contributed by atoms with E-state index in [0.29, 0.717) is 28.9 Å². The van der Waals surface area contributed by atoms with Gasteiger partial charge in [-0.05, 0) is 30.7 Å². The molecule has 0 atom stereocenters. The monoisotopic (exact) mass is 284 g/mol. The normalized spacial score (nSPS) is 10.6. The number of benzene rings is 1. The van der Waals surface area contributed by atoms with Gasteiger partial charge in [0.05, 0.1) is 7.11 Å². The minimum absolute atomic E-state index is 0.177. The van der Waals surface area contributed by atoms with E-state index in [1.54, 1.807) is 30.3 Å². The third-order valence-corrected chi connectivity index (χ3v) is 2.96. The third kappa shape index (κ3) is 2.53. The lowest BCUT2D eigenvalue weighted by Gasteiger charge is -1.99. The van der Waals surface area contributed by atoms with Crippen LogP contribution in [0.1, 0.15) is 5.56 Å². The van der Waals surface area contributed by atoms with Crippen LogP contribution in [0, 0.1) is 6.92 Å². The van der Waals surface area contributed by atoms with E-state index in [1.807, 2.05) is 6.92 Å². The zero-order valence-electron chi connectivity index (χ0n) is 11.4. The van der Waals surface area contributed by atoms with Gasteiger partial charge >= 0.3 is 0 Å². The number of hydrogen-bond donors (Lipinski definition) is 1. The molecule has 0 fully saturated rings. The molecule has 7 heteroatoms. The Balaban J connectivity index is 1.93. The lowest BCUT2D eigenvalue weighted by Crippen LogP contribution is -1.93. The number of aromatic hydroxyl groups is 1. The highest BCUT2D eigenvalue weighted by Crippen LogP contribution is 2.26. The number of aromatic nitrogens is 4. The highest BCUT2D eigenvalue weighted by Gasteiger charge is 2.13. The standard InChI is InChI=1S/C14H12N4O3/c1-8-3-4-9(7-11(8)19)14-15-13(18-21-14)10-5-6-12(20-2)17-16-10/h3-7,19H,1-2H3. The summed E-state index contributed by atoms with van der Waals surface area (Å²) in [7, 11) is 1.51. The van der Waals surface area contributed by atoms with Crippen molar-refractivity contribution in [2.24, 2.45) is 0 Å². The highest BCUT2D eigenvalue weighted by molar-refractivity contribution is 5.60. The number of rotatable bonds is 3. The van der Waals surface area contributed by atoms with Crippen molar-refractivity contribution in [1.82, 2.24) is 20.3 Å². The van der Waals surface area contributed by atoms with Gasteiger partial charge in [0, 0.05) is 11.6 Å². The van der Waals surface area contributed by atoms with Gasteiger partial charge < -0.3 is 14.4 Å². The van der Waals surface area contributed by atoms with Gasteiger partial charge in [0.15, 0.2) is 0 Å². The van der Waals surface area contributed by atoms with Crippen molar-refractivity contribution in [3.63, 3.8) is 0 Å². The number of phenols is 1. The van der Waals surface area contributed by atoms with Crippen molar-refractivity contribution in [2.75, 3.05) is 7.11 Å². The van der Waals surface area contributed by atoms with E-state index in [2.05, 4.69) is 20.3 Å². The van der Waals surface area contributed by atoms with Crippen LogP contribution in [-0.2, 0) is 0 Å². The summed E-state index contributed by atoms with van der Waals surface area (Å²) < 4.78 is 10.1. The average molecular weight is 284 g/mol. The first-order chi connectivity index (χ1) is 10.2. The predicted molar refractivity (Wildman–Crippen MR) is 73.7 cm³/mol. The molecule has 0 aliphatic heterocycles. The number of ether oxygens (including phenoxy) is 1. The lowest BCUT2D eigenvalue weighted by molar-refractivity contribution is 0.392. The van der Waals surface area contributed by atoms with Crippen LogP contribution in [0.2, 0.25) is 0 Å². The maximum Gasteiger partial charge on any atom is 0.258 e. The first kappa shape index (κ1) is 13.0. The summed E-state index contributed by atoms with van der Waals surface area (Å²) in [6, 6.07) is 8.50. The summed E-state index contributed by atoms with van der Waals surface area (Å²) in [5.74, 6) is 1.21. The molecule has 3 aromatic rings. The average Bonchev–Trinajstić information content (AvgIpc) is 3.00. The Kier molecular flexibility index (Phi) is 3.23. The Bertz CT molecular complexity index is 768. The third-order valence-electron chi connectivity index (χ3n) is 2.96. The Morgan fingerprint density at radius 3 is 2.67 bits per heavy atom. The Morgan fingerprint density at radius 2 is 2.00 bits per heavy atom. The van der Waals surface area contributed by atoms with Crippen molar-refractivity contribution >= 4 is 0 Å². The van der Waals surface area contributed by atoms with Crippen LogP contribution in [0.5, 0.6) is 11.6 Å². The molecule has 0 radical (unpaired) electrons. The maximum absolute atomic E-state index is 9.72. The van der Waals surface area contributed by atoms with Crippen LogP contribution in [0.15, 0.2) is 34.9 Å². The molecule has 0 spiro atoms. The van der Waals surface area contributed by atoms with Crippen LogP contribution >= 0.6 is 0 Å². The molecule has 3 rings (SSSR count). The largest absolute Gasteiger partial charge is 0.508 e. The smallest absolute Gasteiger partial charge is 0.258 e. The molecule has 1 aromatic carbocycles. The lowest BCUT2D eigenvalue weighted by atomic mass is 10.1. The first-order valence-electron chi connectivity index (χ1n) is 6.19. The van der Waals surface area contributed by atoms with E-state index in [1.165, 1.54) is 7.11 Å². The van der Waals surface area contributed by atoms with Crippen molar-refractivity contribution < 1.29 is 14.4 Å². The van der Waals surface area contributed by atoms with Gasteiger partial charge in [-0.3, -0.25) is 0 Å². The van der Waals surface area contributed by atoms with Crippen molar-refractivity contribution in [1.29, 1.82) is 0 Å². The molecule has 0 unspecified atom stereocenters. The molecule has 0 amide bonds. The van der Waals surface area contributed by atoms with Crippen molar-refractivity contribution in [3.05, 3.63) is 35.9 Å². The van der Waals surface area contributed by atoms with E-state index >= 15 is 0 Å². The van der Waals surface area contributed by atoms with Crippen LogP contribution in [-0.4, -0.2) is 32.6 Å². The summed E-state index contributed by atoms with van der Waals surface area (Å²) in [6.07, 6.45) is 0. The fourth-order valence-electron chi connectivity index (χ4n) is 1.74. The first-order valence-corrected chi connectivity index (χ1v) is 6.19. The number of phenolic OH excluding ortho intramolecular Hbond substituents is 1. The number of methoxy groups -OCH3 is 1. The van der Waals surface area contributed by atoms with Crippen molar-refractivity contribution in [2.45, 2.75) is 6.92 Å². The molecule has 0 saturated heterocycles. The van der Waals surface area contributed by atoms with Gasteiger partial charge in [-0.1, -0.05) is 11.2 Å². The van der Waals surface area contributed by atoms with Crippen LogP contribution in [0.25, 0.3) is 23.0 Å². The summed E-state index contributed by atoms with van der Waals surface area (Å²) in [4.78, 5) is 4.24. The van der Waals surface area contributed by atoms with Gasteiger partial charge in [-0.25, -0.2) is 0 Å². The predicted octanol–water partition coefficient (Wildman–Crippen LogP) is 2.22. The molecule has 21 heavy (non-hydrogen) atoms. The van der Waals surface area contributed by atoms with E-state index < -0.39 is 0 Å². The zero-order valence-corrected chi connectivity index (χ0v) is 11.4. The Labute approximate surface area is 120 Å². The molecule has 2 aromatic heterocycles. The van der Waals surface area contributed by atoms with Gasteiger partial charge in [0.25, 0.3) is 5.89 Å². The number of aryl methyl sites for hydroxylation is 1. The molecular weight excluding hydrogens is 272 g/mol. The summed E-state index contributed by atoms with van der Waals surface area (Å²) in [6.45, 7) is 1.81. The molecule has 0 aliphatic carbocycles. The highest BCUT2D eigenvalue weighted by atomic mass is 16.5. The summed E-state index contributed by atoms with van der Waals surface area (Å²) >= 11 is 0. The van der Waals surface area contributed by atoms with Crippen LogP contribution in [0.4, 0.5) is 0 Å². The fourth-order valence-corrected chi connectivity index (χ4v) is 1.74. The second kappa shape index (κ2) is 5.20. The van der Waals surface area contributed by atoms with E-state index in [9.17, 15) is 5.11 Å². The Morgan fingerprint density at radius 1 is 1.14 bits per heavy atom. The zero-order chi connectivity index (χ0) is 14.8. The van der Waals surface area contributed by atoms with Gasteiger partial charge in [0.1, 0.15) is 11.4 Å². The molecule has 1 N–H and O–H groups in total. The minimum Gasteiger partial charge on any atom is -0.508 e. The number of nitrogens with zero attached hydrogens (tertiary/aromatic N) is 4. The quantitative estimate of drug-likeness (QED) is 0.787. The molecular formula is C14H12N4O3. The Hall–Kier alpha value is -2.96. The van der Waals surface area contributed by atoms with Gasteiger partial charge in [-0.2, -0.15) is 4.98 Å². The molecule has 106 valence electrons. The number of hydrogen-bond acceptors (Lipinski definition) is 7. The molecule has 0 aliphatic rings. The summed E-state index contributed by atoms with van der Waals surface area (Å²) in [5.41, 5.74) is 1.89.